The Morgan fingerprint density at radius 3 is 1.82 bits per heavy atom. The van der Waals surface area contributed by atoms with Crippen LogP contribution in [-0.4, -0.2) is 262 Å². The minimum absolute atomic E-state index is 0.00513. The summed E-state index contributed by atoms with van der Waals surface area (Å²) < 4.78 is 60.7. The van der Waals surface area contributed by atoms with E-state index in [0.29, 0.717) is 18.9 Å². The van der Waals surface area contributed by atoms with Crippen LogP contribution in [-0.2, 0) is 52.3 Å². The van der Waals surface area contributed by atoms with E-state index in [0.717, 1.165) is 32.1 Å². The molecule has 0 amide bonds. The minimum Gasteiger partial charge on any atom is -0.394 e. The van der Waals surface area contributed by atoms with E-state index in [2.05, 4.69) is 25.7 Å². The van der Waals surface area contributed by atoms with Gasteiger partial charge in [-0.25, -0.2) is 4.89 Å². The number of aliphatic hydroxyl groups is 14. The van der Waals surface area contributed by atoms with Crippen molar-refractivity contribution in [2.24, 2.45) is 46.3 Å². The van der Waals surface area contributed by atoms with Gasteiger partial charge < -0.3 is 119 Å². The minimum atomic E-state index is -2.09. The summed E-state index contributed by atoms with van der Waals surface area (Å²) in [5.41, 5.74) is -2.84. The Bertz CT molecular complexity index is 1970. The maximum atomic E-state index is 12.8. The maximum absolute atomic E-state index is 12.8. The quantitative estimate of drug-likeness (QED) is 0.0496. The average Bonchev–Trinajstić information content (AvgIpc) is 3.86. The maximum Gasteiger partial charge on any atom is 0.187 e. The molecular formula is C50H82O26. The smallest absolute Gasteiger partial charge is 0.187 e. The second-order valence-electron chi connectivity index (χ2n) is 24.4. The first-order valence-corrected chi connectivity index (χ1v) is 27.2. The van der Waals surface area contributed by atoms with Gasteiger partial charge in [0.05, 0.1) is 63.1 Å². The zero-order chi connectivity index (χ0) is 54.7. The molecule has 10 fully saturated rings. The number of hydrogen-bond donors (Lipinski definition) is 15. The Kier molecular flexibility index (Phi) is 16.8. The molecule has 6 heterocycles. The lowest BCUT2D eigenvalue weighted by molar-refractivity contribution is -0.416. The molecule has 4 saturated carbocycles. The lowest BCUT2D eigenvalue weighted by Crippen LogP contribution is -2.71. The fraction of sp³-hybridized carbons (Fsp3) is 1.00. The number of rotatable bonds is 12. The molecular weight excluding hydrogens is 1020 g/mol. The van der Waals surface area contributed by atoms with Crippen molar-refractivity contribution in [2.75, 3.05) is 33.0 Å². The van der Waals surface area contributed by atoms with Crippen molar-refractivity contribution in [3.05, 3.63) is 0 Å². The van der Waals surface area contributed by atoms with Crippen LogP contribution in [0.2, 0.25) is 0 Å². The highest BCUT2D eigenvalue weighted by molar-refractivity contribution is 5.21. The van der Waals surface area contributed by atoms with Crippen LogP contribution >= 0.6 is 0 Å². The predicted octanol–water partition coefficient (Wildman–Crippen LogP) is -4.72. The third-order valence-corrected chi connectivity index (χ3v) is 20.3. The SMILES string of the molecule is CC1CCC2(OC1)OC1CC3C4CC(O)C5(O)CC(OC6OC(CO)C(OC7OC(CO)C(O)C(OC8OCC(O)C(O)C8O)C7OC7OC(CO)C(OO)C(O)C7O)C(O)C6O)C(O)CC5(C)C4CCC3(C)C1C2C. The molecule has 1 spiro atoms. The molecule has 0 aromatic heterocycles. The summed E-state index contributed by atoms with van der Waals surface area (Å²) in [6.45, 7) is 6.04. The first-order valence-electron chi connectivity index (χ1n) is 27.2. The van der Waals surface area contributed by atoms with Gasteiger partial charge in [0.2, 0.25) is 0 Å². The molecule has 6 aliphatic heterocycles. The van der Waals surface area contributed by atoms with Crippen LogP contribution in [0.5, 0.6) is 0 Å². The number of ether oxygens (including phenoxy) is 10. The van der Waals surface area contributed by atoms with Crippen LogP contribution in [0.25, 0.3) is 0 Å². The Balaban J connectivity index is 0.848. The Labute approximate surface area is 439 Å². The van der Waals surface area contributed by atoms with Gasteiger partial charge in [-0.3, -0.25) is 5.26 Å². The highest BCUT2D eigenvalue weighted by Crippen LogP contribution is 2.72. The Morgan fingerprint density at radius 2 is 1.17 bits per heavy atom. The van der Waals surface area contributed by atoms with Gasteiger partial charge in [0.1, 0.15) is 91.6 Å². The zero-order valence-corrected chi connectivity index (χ0v) is 43.1. The number of aliphatic hydroxyl groups excluding tert-OH is 13. The van der Waals surface area contributed by atoms with Gasteiger partial charge in [0, 0.05) is 24.2 Å². The van der Waals surface area contributed by atoms with Crippen molar-refractivity contribution < 1.29 is 129 Å². The van der Waals surface area contributed by atoms with E-state index in [-0.39, 0.29) is 54.0 Å². The van der Waals surface area contributed by atoms with Gasteiger partial charge in [0.15, 0.2) is 30.9 Å². The van der Waals surface area contributed by atoms with Crippen molar-refractivity contribution >= 4 is 0 Å². The van der Waals surface area contributed by atoms with Gasteiger partial charge in [-0.2, -0.15) is 0 Å². The largest absolute Gasteiger partial charge is 0.394 e. The van der Waals surface area contributed by atoms with Gasteiger partial charge >= 0.3 is 0 Å². The summed E-state index contributed by atoms with van der Waals surface area (Å²) in [6.07, 6.45) is -34.6. The van der Waals surface area contributed by atoms with Crippen LogP contribution in [0.15, 0.2) is 0 Å². The molecule has 76 heavy (non-hydrogen) atoms. The molecule has 15 N–H and O–H groups in total. The van der Waals surface area contributed by atoms with E-state index in [9.17, 15) is 76.7 Å². The van der Waals surface area contributed by atoms with E-state index in [1.807, 2.05) is 6.92 Å². The van der Waals surface area contributed by atoms with Gasteiger partial charge in [-0.15, -0.1) is 0 Å². The van der Waals surface area contributed by atoms with Gasteiger partial charge in [-0.1, -0.05) is 27.7 Å². The van der Waals surface area contributed by atoms with E-state index in [1.54, 1.807) is 0 Å². The van der Waals surface area contributed by atoms with Gasteiger partial charge in [-0.05, 0) is 73.5 Å². The zero-order valence-electron chi connectivity index (χ0n) is 43.1. The molecule has 0 aromatic rings. The van der Waals surface area contributed by atoms with Crippen molar-refractivity contribution in [3.8, 4) is 0 Å². The lowest BCUT2D eigenvalue weighted by Gasteiger charge is -2.66. The second kappa shape index (κ2) is 21.9. The molecule has 33 unspecified atom stereocenters. The molecule has 0 aromatic carbocycles. The number of fused-ring (bicyclic) bond motifs is 7. The third-order valence-electron chi connectivity index (χ3n) is 20.3. The summed E-state index contributed by atoms with van der Waals surface area (Å²) in [5, 5.41) is 166. The fourth-order valence-electron chi connectivity index (χ4n) is 16.0. The van der Waals surface area contributed by atoms with E-state index in [4.69, 9.17) is 47.4 Å². The lowest BCUT2D eigenvalue weighted by atomic mass is 9.42. The predicted molar refractivity (Wildman–Crippen MR) is 248 cm³/mol. The van der Waals surface area contributed by atoms with Crippen LogP contribution < -0.4 is 0 Å². The summed E-state index contributed by atoms with van der Waals surface area (Å²) in [6, 6.07) is 0. The average molecular weight is 1100 g/mol. The highest BCUT2D eigenvalue weighted by Gasteiger charge is 2.73. The fourth-order valence-corrected chi connectivity index (χ4v) is 16.0. The molecule has 10 aliphatic rings. The molecule has 0 radical (unpaired) electrons. The summed E-state index contributed by atoms with van der Waals surface area (Å²) in [4.78, 5) is 4.22. The van der Waals surface area contributed by atoms with E-state index < -0.39 is 178 Å². The molecule has 438 valence electrons. The molecule has 4 aliphatic carbocycles. The Morgan fingerprint density at radius 1 is 0.566 bits per heavy atom. The van der Waals surface area contributed by atoms with E-state index in [1.165, 1.54) is 0 Å². The van der Waals surface area contributed by atoms with Crippen LogP contribution in [0.1, 0.15) is 79.1 Å². The second-order valence-corrected chi connectivity index (χ2v) is 24.4. The van der Waals surface area contributed by atoms with Crippen molar-refractivity contribution in [2.45, 2.75) is 232 Å². The molecule has 26 nitrogen and oxygen atoms in total. The van der Waals surface area contributed by atoms with Crippen molar-refractivity contribution in [1.29, 1.82) is 0 Å². The highest BCUT2D eigenvalue weighted by atomic mass is 17.1. The van der Waals surface area contributed by atoms with Crippen molar-refractivity contribution in [1.82, 2.24) is 0 Å². The topological polar surface area (TPSA) is 405 Å². The van der Waals surface area contributed by atoms with Crippen LogP contribution in [0, 0.1) is 46.3 Å². The molecule has 26 heteroatoms. The van der Waals surface area contributed by atoms with Crippen molar-refractivity contribution in [3.63, 3.8) is 0 Å². The summed E-state index contributed by atoms with van der Waals surface area (Å²) >= 11 is 0. The summed E-state index contributed by atoms with van der Waals surface area (Å²) in [7, 11) is 0. The first-order chi connectivity index (χ1) is 36.0. The molecule has 10 rings (SSSR count). The first kappa shape index (κ1) is 58.2. The van der Waals surface area contributed by atoms with Gasteiger partial charge in [0.25, 0.3) is 0 Å². The third kappa shape index (κ3) is 9.45. The monoisotopic (exact) mass is 1100 g/mol. The van der Waals surface area contributed by atoms with Crippen LogP contribution in [0.4, 0.5) is 0 Å². The summed E-state index contributed by atoms with van der Waals surface area (Å²) in [5.74, 6) is 0.468. The number of hydrogen-bond acceptors (Lipinski definition) is 26. The van der Waals surface area contributed by atoms with Crippen LogP contribution in [0.3, 0.4) is 0 Å². The molecule has 0 bridgehead atoms. The normalized spacial score (nSPS) is 58.4. The molecule has 6 saturated heterocycles. The Hall–Kier alpha value is -1.04. The van der Waals surface area contributed by atoms with E-state index >= 15 is 0 Å². The standard InChI is InChI=1S/C50H82O26/c1-18-5-8-50(67-16-18)19(2)31-25(75-50)10-22-20-9-30(56)49(64)12-26(23(54)11-48(49,4)21(20)6-7-47(22,31)3)68-44-37(62)34(59)39(28(14-52)70-44)72-46-42(74-45-38(63)35(60)40(76-65)29(15-53)71-45)41(33(58)27(13-51)69-46)73-43-36(61)32(57)24(55)17-66-43/h18-46,51-65H,5-17H2,1-4H3. The molecule has 33 atom stereocenters.